The maximum absolute atomic E-state index is 14.0. The summed E-state index contributed by atoms with van der Waals surface area (Å²) in [5, 5.41) is 0. The van der Waals surface area contributed by atoms with Gasteiger partial charge in [0.1, 0.15) is 5.82 Å². The number of rotatable bonds is 5. The molecule has 0 saturated heterocycles. The minimum absolute atomic E-state index is 0.181. The summed E-state index contributed by atoms with van der Waals surface area (Å²) in [5.41, 5.74) is 8.34. The fourth-order valence-corrected chi connectivity index (χ4v) is 1.91. The van der Waals surface area contributed by atoms with Crippen molar-refractivity contribution >= 4 is 5.69 Å². The van der Waals surface area contributed by atoms with E-state index in [2.05, 4.69) is 6.58 Å². The first-order chi connectivity index (χ1) is 7.97. The van der Waals surface area contributed by atoms with E-state index in [0.717, 1.165) is 17.7 Å². The fraction of sp³-hybridized carbons (Fsp3) is 0.429. The Balaban J connectivity index is 3.20. The van der Waals surface area contributed by atoms with Crippen LogP contribution in [-0.2, 0) is 0 Å². The molecule has 0 saturated carbocycles. The van der Waals surface area contributed by atoms with Crippen molar-refractivity contribution in [2.75, 3.05) is 18.0 Å². The zero-order chi connectivity index (χ0) is 13.0. The Morgan fingerprint density at radius 2 is 2.18 bits per heavy atom. The second kappa shape index (κ2) is 5.82. The summed E-state index contributed by atoms with van der Waals surface area (Å²) in [6.45, 7) is 11.1. The molecule has 0 aliphatic heterocycles. The highest BCUT2D eigenvalue weighted by molar-refractivity contribution is 5.56. The van der Waals surface area contributed by atoms with Gasteiger partial charge >= 0.3 is 0 Å². The molecule has 2 N–H and O–H groups in total. The monoisotopic (exact) mass is 236 g/mol. The molecular weight excluding hydrogens is 215 g/mol. The van der Waals surface area contributed by atoms with Gasteiger partial charge in [0.25, 0.3) is 0 Å². The lowest BCUT2D eigenvalue weighted by molar-refractivity contribution is 0.614. The van der Waals surface area contributed by atoms with Crippen LogP contribution < -0.4 is 10.6 Å². The summed E-state index contributed by atoms with van der Waals surface area (Å²) in [7, 11) is 0. The molecule has 1 aromatic carbocycles. The molecule has 0 heterocycles. The third-order valence-electron chi connectivity index (χ3n) is 2.67. The van der Waals surface area contributed by atoms with Gasteiger partial charge in [0.05, 0.1) is 5.69 Å². The first-order valence-electron chi connectivity index (χ1n) is 5.90. The van der Waals surface area contributed by atoms with Gasteiger partial charge in [-0.3, -0.25) is 0 Å². The van der Waals surface area contributed by atoms with Crippen LogP contribution in [0.5, 0.6) is 0 Å². The van der Waals surface area contributed by atoms with Crippen LogP contribution in [0.25, 0.3) is 0 Å². The maximum atomic E-state index is 14.0. The van der Waals surface area contributed by atoms with Crippen LogP contribution in [0.4, 0.5) is 10.1 Å². The lowest BCUT2D eigenvalue weighted by atomic mass is 10.0. The van der Waals surface area contributed by atoms with E-state index in [1.165, 1.54) is 6.07 Å². The Labute approximate surface area is 103 Å². The molecule has 0 unspecified atom stereocenters. The lowest BCUT2D eigenvalue weighted by Gasteiger charge is -2.27. The van der Waals surface area contributed by atoms with E-state index in [1.54, 1.807) is 6.07 Å². The first-order valence-corrected chi connectivity index (χ1v) is 5.90. The third-order valence-corrected chi connectivity index (χ3v) is 2.67. The van der Waals surface area contributed by atoms with Crippen molar-refractivity contribution in [2.45, 2.75) is 26.8 Å². The van der Waals surface area contributed by atoms with E-state index in [-0.39, 0.29) is 11.9 Å². The summed E-state index contributed by atoms with van der Waals surface area (Å²) >= 11 is 0. The number of benzene rings is 1. The molecule has 1 atom stereocenters. The first kappa shape index (κ1) is 13.7. The molecule has 94 valence electrons. The Morgan fingerprint density at radius 1 is 1.53 bits per heavy atom. The molecule has 0 amide bonds. The highest BCUT2D eigenvalue weighted by Crippen LogP contribution is 2.28. The van der Waals surface area contributed by atoms with Gasteiger partial charge in [0.2, 0.25) is 0 Å². The van der Waals surface area contributed by atoms with Crippen LogP contribution in [0.3, 0.4) is 0 Å². The number of nitrogens with two attached hydrogens (primary N) is 1. The fourth-order valence-electron chi connectivity index (χ4n) is 1.91. The number of para-hydroxylation sites is 1. The van der Waals surface area contributed by atoms with E-state index in [1.807, 2.05) is 31.7 Å². The molecule has 0 aliphatic carbocycles. The summed E-state index contributed by atoms with van der Waals surface area (Å²) in [6.07, 6.45) is 0. The van der Waals surface area contributed by atoms with Crippen molar-refractivity contribution in [3.05, 3.63) is 41.7 Å². The molecule has 2 nitrogen and oxygen atoms in total. The van der Waals surface area contributed by atoms with Gasteiger partial charge in [-0.2, -0.15) is 0 Å². The topological polar surface area (TPSA) is 29.3 Å². The van der Waals surface area contributed by atoms with E-state index >= 15 is 0 Å². The predicted octanol–water partition coefficient (Wildman–Crippen LogP) is 3.25. The molecule has 0 aromatic heterocycles. The highest BCUT2D eigenvalue weighted by atomic mass is 19.1. The van der Waals surface area contributed by atoms with Crippen molar-refractivity contribution < 1.29 is 4.39 Å². The number of halogens is 1. The molecule has 1 aromatic rings. The molecule has 1 rings (SSSR count). The van der Waals surface area contributed by atoms with Crippen molar-refractivity contribution in [3.63, 3.8) is 0 Å². The van der Waals surface area contributed by atoms with Gasteiger partial charge in [-0.25, -0.2) is 4.39 Å². The molecule has 0 aliphatic rings. The Hall–Kier alpha value is -1.35. The number of nitrogens with zero attached hydrogens (tertiary/aromatic N) is 1. The third kappa shape index (κ3) is 3.30. The minimum Gasteiger partial charge on any atom is -0.365 e. The summed E-state index contributed by atoms with van der Waals surface area (Å²) < 4.78 is 14.0. The van der Waals surface area contributed by atoms with Gasteiger partial charge in [0, 0.05) is 19.1 Å². The highest BCUT2D eigenvalue weighted by Gasteiger charge is 2.16. The Bertz CT molecular complexity index is 399. The van der Waals surface area contributed by atoms with Crippen LogP contribution in [-0.4, -0.2) is 13.1 Å². The molecule has 0 spiro atoms. The normalized spacial score (nSPS) is 12.3. The van der Waals surface area contributed by atoms with Crippen LogP contribution in [0.15, 0.2) is 30.4 Å². The molecule has 0 fully saturated rings. The van der Waals surface area contributed by atoms with E-state index in [9.17, 15) is 4.39 Å². The summed E-state index contributed by atoms with van der Waals surface area (Å²) in [4.78, 5) is 1.97. The molecule has 17 heavy (non-hydrogen) atoms. The zero-order valence-electron chi connectivity index (χ0n) is 10.8. The summed E-state index contributed by atoms with van der Waals surface area (Å²) in [6, 6.07) is 4.87. The van der Waals surface area contributed by atoms with Gasteiger partial charge in [-0.05, 0) is 32.4 Å². The van der Waals surface area contributed by atoms with Gasteiger partial charge in [-0.15, -0.1) is 0 Å². The average Bonchev–Trinajstić information content (AvgIpc) is 2.25. The number of hydrogen-bond acceptors (Lipinski definition) is 2. The SMILES string of the molecule is C=C(C)CN(CC)c1c(F)cccc1[C@@H](C)N. The van der Waals surface area contributed by atoms with E-state index in [4.69, 9.17) is 5.73 Å². The molecule has 0 radical (unpaired) electrons. The van der Waals surface area contributed by atoms with Crippen molar-refractivity contribution in [1.82, 2.24) is 0 Å². The quantitative estimate of drug-likeness (QED) is 0.795. The van der Waals surface area contributed by atoms with Crippen LogP contribution in [0.1, 0.15) is 32.4 Å². The van der Waals surface area contributed by atoms with Crippen molar-refractivity contribution in [2.24, 2.45) is 5.73 Å². The summed E-state index contributed by atoms with van der Waals surface area (Å²) in [5.74, 6) is -0.220. The Morgan fingerprint density at radius 3 is 2.65 bits per heavy atom. The smallest absolute Gasteiger partial charge is 0.146 e. The minimum atomic E-state index is -0.220. The number of hydrogen-bond donors (Lipinski definition) is 1. The second-order valence-electron chi connectivity index (χ2n) is 4.44. The zero-order valence-corrected chi connectivity index (χ0v) is 10.8. The van der Waals surface area contributed by atoms with Crippen LogP contribution in [0.2, 0.25) is 0 Å². The molecule has 3 heteroatoms. The maximum Gasteiger partial charge on any atom is 0.146 e. The van der Waals surface area contributed by atoms with E-state index < -0.39 is 0 Å². The largest absolute Gasteiger partial charge is 0.365 e. The average molecular weight is 236 g/mol. The van der Waals surface area contributed by atoms with Gasteiger partial charge < -0.3 is 10.6 Å². The molecular formula is C14H21FN2. The number of likely N-dealkylation sites (N-methyl/N-ethyl adjacent to an activating group) is 1. The predicted molar refractivity (Wildman–Crippen MR) is 71.7 cm³/mol. The number of anilines is 1. The van der Waals surface area contributed by atoms with Crippen LogP contribution >= 0.6 is 0 Å². The lowest BCUT2D eigenvalue weighted by Crippen LogP contribution is -2.27. The van der Waals surface area contributed by atoms with Crippen molar-refractivity contribution in [1.29, 1.82) is 0 Å². The van der Waals surface area contributed by atoms with Gasteiger partial charge in [-0.1, -0.05) is 24.3 Å². The van der Waals surface area contributed by atoms with Crippen LogP contribution in [0, 0.1) is 5.82 Å². The Kier molecular flexibility index (Phi) is 4.70. The van der Waals surface area contributed by atoms with Crippen molar-refractivity contribution in [3.8, 4) is 0 Å². The molecule has 0 bridgehead atoms. The standard InChI is InChI=1S/C14H21FN2/c1-5-17(9-10(2)3)14-12(11(4)16)7-6-8-13(14)15/h6-8,11H,2,5,9,16H2,1,3-4H3/t11-/m1/s1. The second-order valence-corrected chi connectivity index (χ2v) is 4.44. The van der Waals surface area contributed by atoms with E-state index in [0.29, 0.717) is 12.2 Å². The van der Waals surface area contributed by atoms with Gasteiger partial charge in [0.15, 0.2) is 0 Å².